The quantitative estimate of drug-likeness (QED) is 0.828. The number of ether oxygens (including phenoxy) is 2. The van der Waals surface area contributed by atoms with Gasteiger partial charge in [-0.2, -0.15) is 0 Å². The largest absolute Gasteiger partial charge is 0.486 e. The summed E-state index contributed by atoms with van der Waals surface area (Å²) >= 11 is 0. The molecule has 0 bridgehead atoms. The van der Waals surface area contributed by atoms with Gasteiger partial charge in [0.1, 0.15) is 13.2 Å². The molecule has 8 heteroatoms. The Hall–Kier alpha value is -2.74. The van der Waals surface area contributed by atoms with Gasteiger partial charge in [0.25, 0.3) is 5.91 Å². The van der Waals surface area contributed by atoms with Gasteiger partial charge in [-0.25, -0.2) is 8.42 Å². The minimum Gasteiger partial charge on any atom is -0.486 e. The summed E-state index contributed by atoms with van der Waals surface area (Å²) in [7, 11) is -1.95. The van der Waals surface area contributed by atoms with E-state index in [1.54, 1.807) is 25.1 Å². The topological polar surface area (TPSA) is 84.9 Å². The molecule has 0 spiro atoms. The summed E-state index contributed by atoms with van der Waals surface area (Å²) in [6.45, 7) is 4.70. The van der Waals surface area contributed by atoms with Crippen molar-refractivity contribution in [2.45, 2.75) is 19.9 Å². The van der Waals surface area contributed by atoms with Gasteiger partial charge in [0.15, 0.2) is 11.5 Å². The normalized spacial score (nSPS) is 14.3. The Morgan fingerprint density at radius 1 is 1.11 bits per heavy atom. The van der Waals surface area contributed by atoms with E-state index in [4.69, 9.17) is 9.47 Å². The summed E-state index contributed by atoms with van der Waals surface area (Å²) in [6.07, 6.45) is 1.13. The number of hydrogen-bond acceptors (Lipinski definition) is 5. The Balaban J connectivity index is 1.79. The summed E-state index contributed by atoms with van der Waals surface area (Å²) in [5.74, 6) is 1.07. The van der Waals surface area contributed by atoms with Crippen molar-refractivity contribution in [3.63, 3.8) is 0 Å². The molecule has 150 valence electrons. The molecule has 0 aromatic heterocycles. The lowest BCUT2D eigenvalue weighted by atomic mass is 10.1. The fourth-order valence-electron chi connectivity index (χ4n) is 2.96. The van der Waals surface area contributed by atoms with Crippen molar-refractivity contribution in [1.29, 1.82) is 0 Å². The summed E-state index contributed by atoms with van der Waals surface area (Å²) in [5, 5.41) is 2.94. The van der Waals surface area contributed by atoms with Crippen LogP contribution in [0.3, 0.4) is 0 Å². The maximum Gasteiger partial charge on any atom is 0.251 e. The minimum absolute atomic E-state index is 0.263. The molecule has 0 radical (unpaired) electrons. The Kier molecular flexibility index (Phi) is 5.51. The van der Waals surface area contributed by atoms with Crippen LogP contribution in [0.1, 0.15) is 34.5 Å². The number of nitrogens with zero attached hydrogens (tertiary/aromatic N) is 1. The van der Waals surface area contributed by atoms with Crippen molar-refractivity contribution in [2.75, 3.05) is 30.8 Å². The molecule has 28 heavy (non-hydrogen) atoms. The molecule has 1 amide bonds. The third kappa shape index (κ3) is 4.22. The van der Waals surface area contributed by atoms with Crippen LogP contribution >= 0.6 is 0 Å². The van der Waals surface area contributed by atoms with Gasteiger partial charge in [-0.3, -0.25) is 9.10 Å². The van der Waals surface area contributed by atoms with Crippen LogP contribution in [0, 0.1) is 6.92 Å². The molecule has 0 fully saturated rings. The number of fused-ring (bicyclic) bond motifs is 1. The van der Waals surface area contributed by atoms with Crippen molar-refractivity contribution >= 4 is 21.6 Å². The van der Waals surface area contributed by atoms with Gasteiger partial charge in [0, 0.05) is 12.6 Å². The number of benzene rings is 2. The van der Waals surface area contributed by atoms with Crippen LogP contribution in [0.4, 0.5) is 5.69 Å². The average molecular weight is 404 g/mol. The molecule has 2 aromatic carbocycles. The first kappa shape index (κ1) is 20.0. The van der Waals surface area contributed by atoms with Crippen LogP contribution in [0.15, 0.2) is 36.4 Å². The van der Waals surface area contributed by atoms with E-state index in [9.17, 15) is 13.2 Å². The molecule has 7 nitrogen and oxygen atoms in total. The van der Waals surface area contributed by atoms with Gasteiger partial charge in [0.05, 0.1) is 18.0 Å². The summed E-state index contributed by atoms with van der Waals surface area (Å²) in [4.78, 5) is 12.7. The fraction of sp³-hybridized carbons (Fsp3) is 0.350. The molecular weight excluding hydrogens is 380 g/mol. The SMILES string of the molecule is Cc1ccc(C(=O)N[C@@H](C)c2ccc3c(c2)OCCO3)cc1N(C)S(C)(=O)=O. The van der Waals surface area contributed by atoms with E-state index in [-0.39, 0.29) is 11.9 Å². The molecule has 1 aliphatic heterocycles. The highest BCUT2D eigenvalue weighted by Gasteiger charge is 2.19. The number of anilines is 1. The Morgan fingerprint density at radius 3 is 2.46 bits per heavy atom. The second kappa shape index (κ2) is 7.71. The maximum absolute atomic E-state index is 12.7. The van der Waals surface area contributed by atoms with Gasteiger partial charge in [-0.15, -0.1) is 0 Å². The Morgan fingerprint density at radius 2 is 1.79 bits per heavy atom. The predicted octanol–water partition coefficient (Wildman–Crippen LogP) is 2.65. The zero-order valence-electron chi connectivity index (χ0n) is 16.4. The molecule has 1 N–H and O–H groups in total. The number of rotatable bonds is 5. The van der Waals surface area contributed by atoms with Crippen molar-refractivity contribution in [1.82, 2.24) is 5.32 Å². The van der Waals surface area contributed by atoms with Gasteiger partial charge in [-0.1, -0.05) is 12.1 Å². The first-order chi connectivity index (χ1) is 13.2. The number of nitrogens with one attached hydrogen (secondary N) is 1. The van der Waals surface area contributed by atoms with E-state index in [1.165, 1.54) is 11.4 Å². The molecule has 0 saturated heterocycles. The van der Waals surface area contributed by atoms with E-state index in [1.807, 2.05) is 25.1 Å². The summed E-state index contributed by atoms with van der Waals surface area (Å²) in [5.41, 5.74) is 2.52. The maximum atomic E-state index is 12.7. The number of hydrogen-bond donors (Lipinski definition) is 1. The van der Waals surface area contributed by atoms with E-state index < -0.39 is 10.0 Å². The summed E-state index contributed by atoms with van der Waals surface area (Å²) in [6, 6.07) is 10.3. The van der Waals surface area contributed by atoms with E-state index in [0.29, 0.717) is 36.0 Å². The van der Waals surface area contributed by atoms with Gasteiger partial charge in [-0.05, 0) is 49.2 Å². The molecule has 1 atom stereocenters. The predicted molar refractivity (Wildman–Crippen MR) is 108 cm³/mol. The van der Waals surface area contributed by atoms with E-state index >= 15 is 0 Å². The lowest BCUT2D eigenvalue weighted by Crippen LogP contribution is -2.28. The molecule has 0 saturated carbocycles. The molecule has 3 rings (SSSR count). The molecule has 0 unspecified atom stereocenters. The lowest BCUT2D eigenvalue weighted by Gasteiger charge is -2.22. The van der Waals surface area contributed by atoms with E-state index in [0.717, 1.165) is 17.4 Å². The number of carbonyl (C=O) groups excluding carboxylic acids is 1. The van der Waals surface area contributed by atoms with E-state index in [2.05, 4.69) is 5.32 Å². The molecule has 1 aliphatic rings. The van der Waals surface area contributed by atoms with Crippen LogP contribution < -0.4 is 19.1 Å². The van der Waals surface area contributed by atoms with Crippen LogP contribution in [0.25, 0.3) is 0 Å². The monoisotopic (exact) mass is 404 g/mol. The zero-order chi connectivity index (χ0) is 20.5. The van der Waals surface area contributed by atoms with Crippen LogP contribution in [0.2, 0.25) is 0 Å². The third-order valence-corrected chi connectivity index (χ3v) is 5.91. The second-order valence-electron chi connectivity index (χ2n) is 6.83. The highest BCUT2D eigenvalue weighted by Crippen LogP contribution is 2.32. The zero-order valence-corrected chi connectivity index (χ0v) is 17.2. The molecule has 0 aliphatic carbocycles. The first-order valence-electron chi connectivity index (χ1n) is 8.92. The van der Waals surface area contributed by atoms with Gasteiger partial charge in [0.2, 0.25) is 10.0 Å². The number of aryl methyl sites for hydroxylation is 1. The highest BCUT2D eigenvalue weighted by atomic mass is 32.2. The standard InChI is InChI=1S/C20H24N2O5S/c1-13-5-6-16(11-17(13)22(3)28(4,24)25)20(23)21-14(2)15-7-8-18-19(12-15)27-10-9-26-18/h5-8,11-12,14H,9-10H2,1-4H3,(H,21,23)/t14-/m0/s1. The Labute approximate surface area is 165 Å². The number of carbonyl (C=O) groups is 1. The second-order valence-corrected chi connectivity index (χ2v) is 8.84. The summed E-state index contributed by atoms with van der Waals surface area (Å²) < 4.78 is 36.0. The van der Waals surface area contributed by atoms with Gasteiger partial charge < -0.3 is 14.8 Å². The van der Waals surface area contributed by atoms with Crippen molar-refractivity contribution in [3.8, 4) is 11.5 Å². The third-order valence-electron chi connectivity index (χ3n) is 4.72. The highest BCUT2D eigenvalue weighted by molar-refractivity contribution is 7.92. The van der Waals surface area contributed by atoms with Crippen LogP contribution in [-0.2, 0) is 10.0 Å². The Bertz CT molecular complexity index is 1000. The van der Waals surface area contributed by atoms with Crippen molar-refractivity contribution in [3.05, 3.63) is 53.1 Å². The smallest absolute Gasteiger partial charge is 0.251 e. The first-order valence-corrected chi connectivity index (χ1v) is 10.8. The van der Waals surface area contributed by atoms with Crippen molar-refractivity contribution in [2.24, 2.45) is 0 Å². The number of sulfonamides is 1. The molecule has 2 aromatic rings. The van der Waals surface area contributed by atoms with Gasteiger partial charge >= 0.3 is 0 Å². The lowest BCUT2D eigenvalue weighted by molar-refractivity contribution is 0.0939. The number of amides is 1. The molecular formula is C20H24N2O5S. The molecule has 1 heterocycles. The minimum atomic E-state index is -3.42. The van der Waals surface area contributed by atoms with Crippen LogP contribution in [-0.4, -0.2) is 40.8 Å². The van der Waals surface area contributed by atoms with Crippen molar-refractivity contribution < 1.29 is 22.7 Å². The fourth-order valence-corrected chi connectivity index (χ4v) is 3.52. The average Bonchev–Trinajstić information content (AvgIpc) is 2.66. The van der Waals surface area contributed by atoms with Crippen LogP contribution in [0.5, 0.6) is 11.5 Å².